The number of aromatic nitrogens is 4. The maximum absolute atomic E-state index is 13.0. The molecule has 2 aliphatic rings. The summed E-state index contributed by atoms with van der Waals surface area (Å²) < 4.78 is 13.0. The van der Waals surface area contributed by atoms with Crippen LogP contribution < -0.4 is 0 Å². The summed E-state index contributed by atoms with van der Waals surface area (Å²) in [5.41, 5.74) is 0.621. The van der Waals surface area contributed by atoms with E-state index in [1.54, 1.807) is 17.0 Å². The Hall–Kier alpha value is -2.84. The maximum Gasteiger partial charge on any atom is 0.246 e. The Morgan fingerprint density at radius 1 is 1.15 bits per heavy atom. The second kappa shape index (κ2) is 7.42. The van der Waals surface area contributed by atoms with Crippen LogP contribution in [0.25, 0.3) is 11.4 Å². The Labute approximate surface area is 155 Å². The molecule has 2 amide bonds. The lowest BCUT2D eigenvalue weighted by Gasteiger charge is -2.37. The van der Waals surface area contributed by atoms with Gasteiger partial charge in [-0.25, -0.2) is 4.39 Å². The van der Waals surface area contributed by atoms with Gasteiger partial charge in [-0.1, -0.05) is 12.8 Å². The molecule has 0 bridgehead atoms. The van der Waals surface area contributed by atoms with E-state index in [1.165, 1.54) is 29.8 Å². The number of hydrogen-bond donors (Lipinski definition) is 0. The Morgan fingerprint density at radius 2 is 1.89 bits per heavy atom. The summed E-state index contributed by atoms with van der Waals surface area (Å²) in [7, 11) is 0. The van der Waals surface area contributed by atoms with Crippen LogP contribution in [0.2, 0.25) is 0 Å². The molecular weight excluding hydrogens is 351 g/mol. The molecular formula is C18H21FN6O2. The van der Waals surface area contributed by atoms with Crippen LogP contribution in [0, 0.1) is 5.82 Å². The minimum atomic E-state index is -0.345. The minimum Gasteiger partial charge on any atom is -0.336 e. The molecule has 0 atom stereocenters. The molecule has 0 unspecified atom stereocenters. The van der Waals surface area contributed by atoms with Crippen LogP contribution in [0.15, 0.2) is 24.3 Å². The van der Waals surface area contributed by atoms with Gasteiger partial charge in [0.1, 0.15) is 12.4 Å². The van der Waals surface area contributed by atoms with Gasteiger partial charge in [-0.15, -0.1) is 10.2 Å². The van der Waals surface area contributed by atoms with Gasteiger partial charge in [0.25, 0.3) is 0 Å². The topological polar surface area (TPSA) is 84.2 Å². The highest BCUT2D eigenvalue weighted by atomic mass is 19.1. The van der Waals surface area contributed by atoms with E-state index in [2.05, 4.69) is 15.4 Å². The summed E-state index contributed by atoms with van der Waals surface area (Å²) >= 11 is 0. The number of nitrogens with zero attached hydrogens (tertiary/aromatic N) is 6. The quantitative estimate of drug-likeness (QED) is 0.802. The van der Waals surface area contributed by atoms with Crippen molar-refractivity contribution in [3.8, 4) is 11.4 Å². The number of carbonyl (C=O) groups excluding carboxylic acids is 2. The predicted molar refractivity (Wildman–Crippen MR) is 93.8 cm³/mol. The Balaban J connectivity index is 1.35. The van der Waals surface area contributed by atoms with E-state index in [9.17, 15) is 14.0 Å². The molecule has 2 aromatic rings. The number of halogens is 1. The number of piperazine rings is 1. The first kappa shape index (κ1) is 17.6. The summed E-state index contributed by atoms with van der Waals surface area (Å²) in [6.45, 7) is 1.14. The van der Waals surface area contributed by atoms with Crippen molar-refractivity contribution in [1.82, 2.24) is 30.0 Å². The summed E-state index contributed by atoms with van der Waals surface area (Å²) in [5.74, 6) is -0.217. The van der Waals surface area contributed by atoms with Crippen LogP contribution in [0.1, 0.15) is 25.7 Å². The molecule has 9 heteroatoms. The van der Waals surface area contributed by atoms with E-state index in [4.69, 9.17) is 0 Å². The molecule has 0 radical (unpaired) electrons. The van der Waals surface area contributed by atoms with Crippen molar-refractivity contribution >= 4 is 11.8 Å². The summed E-state index contributed by atoms with van der Waals surface area (Å²) in [6, 6.07) is 6.08. The Kier molecular flexibility index (Phi) is 4.83. The Morgan fingerprint density at radius 3 is 2.59 bits per heavy atom. The van der Waals surface area contributed by atoms with Crippen molar-refractivity contribution in [2.24, 2.45) is 0 Å². The van der Waals surface area contributed by atoms with Crippen molar-refractivity contribution in [1.29, 1.82) is 0 Å². The smallest absolute Gasteiger partial charge is 0.246 e. The largest absolute Gasteiger partial charge is 0.336 e. The molecule has 27 heavy (non-hydrogen) atoms. The van der Waals surface area contributed by atoms with Gasteiger partial charge in [-0.3, -0.25) is 9.59 Å². The lowest BCUT2D eigenvalue weighted by Crippen LogP contribution is -2.55. The molecule has 1 aliphatic carbocycles. The molecule has 1 aliphatic heterocycles. The molecule has 2 heterocycles. The number of tetrazole rings is 1. The zero-order chi connectivity index (χ0) is 18.8. The molecule has 2 fully saturated rings. The first-order valence-electron chi connectivity index (χ1n) is 9.21. The van der Waals surface area contributed by atoms with Gasteiger partial charge >= 0.3 is 0 Å². The van der Waals surface area contributed by atoms with Gasteiger partial charge < -0.3 is 9.80 Å². The number of hydrogen-bond acceptors (Lipinski definition) is 5. The third-order valence-electron chi connectivity index (χ3n) is 5.21. The highest BCUT2D eigenvalue weighted by Crippen LogP contribution is 2.24. The summed E-state index contributed by atoms with van der Waals surface area (Å²) in [4.78, 5) is 29.6. The molecule has 4 rings (SSSR count). The predicted octanol–water partition coefficient (Wildman–Crippen LogP) is 1.09. The van der Waals surface area contributed by atoms with Crippen molar-refractivity contribution < 1.29 is 14.0 Å². The van der Waals surface area contributed by atoms with Crippen molar-refractivity contribution in [2.45, 2.75) is 38.3 Å². The molecule has 1 saturated heterocycles. The third kappa shape index (κ3) is 3.81. The molecule has 8 nitrogen and oxygen atoms in total. The average Bonchev–Trinajstić information content (AvgIpc) is 3.34. The first-order valence-corrected chi connectivity index (χ1v) is 9.21. The van der Waals surface area contributed by atoms with Crippen LogP contribution in [-0.4, -0.2) is 67.5 Å². The van der Waals surface area contributed by atoms with Crippen LogP contribution in [0.3, 0.4) is 0 Å². The summed E-state index contributed by atoms with van der Waals surface area (Å²) in [6.07, 6.45) is 4.47. The highest BCUT2D eigenvalue weighted by molar-refractivity contribution is 5.86. The fourth-order valence-corrected chi connectivity index (χ4v) is 3.75. The second-order valence-corrected chi connectivity index (χ2v) is 6.99. The van der Waals surface area contributed by atoms with Crippen LogP contribution >= 0.6 is 0 Å². The van der Waals surface area contributed by atoms with Gasteiger partial charge in [-0.05, 0) is 42.3 Å². The van der Waals surface area contributed by atoms with Crippen molar-refractivity contribution in [3.63, 3.8) is 0 Å². The van der Waals surface area contributed by atoms with E-state index < -0.39 is 0 Å². The SMILES string of the molecule is O=C(Cn1nnc(-c2ccc(F)cc2)n1)N1CCN(C2CCCC2)C(=O)C1. The van der Waals surface area contributed by atoms with Gasteiger partial charge in [0.15, 0.2) is 0 Å². The molecule has 0 N–H and O–H groups in total. The normalized spacial score (nSPS) is 18.3. The Bertz CT molecular complexity index is 831. The average molecular weight is 372 g/mol. The third-order valence-corrected chi connectivity index (χ3v) is 5.21. The molecule has 1 saturated carbocycles. The number of carbonyl (C=O) groups is 2. The fourth-order valence-electron chi connectivity index (χ4n) is 3.75. The van der Waals surface area contributed by atoms with Gasteiger partial charge in [0.2, 0.25) is 17.6 Å². The van der Waals surface area contributed by atoms with E-state index in [-0.39, 0.29) is 30.7 Å². The fraction of sp³-hybridized carbons (Fsp3) is 0.500. The highest BCUT2D eigenvalue weighted by Gasteiger charge is 2.33. The van der Waals surface area contributed by atoms with E-state index in [0.717, 1.165) is 12.8 Å². The van der Waals surface area contributed by atoms with Crippen molar-refractivity contribution in [3.05, 3.63) is 30.1 Å². The molecule has 1 aromatic carbocycles. The van der Waals surface area contributed by atoms with E-state index >= 15 is 0 Å². The second-order valence-electron chi connectivity index (χ2n) is 6.99. The number of benzene rings is 1. The van der Waals surface area contributed by atoms with Crippen LogP contribution in [0.4, 0.5) is 4.39 Å². The minimum absolute atomic E-state index is 0.0139. The van der Waals surface area contributed by atoms with E-state index in [1.807, 2.05) is 4.90 Å². The van der Waals surface area contributed by atoms with Crippen LogP contribution in [0.5, 0.6) is 0 Å². The lowest BCUT2D eigenvalue weighted by atomic mass is 10.1. The first-order chi connectivity index (χ1) is 13.1. The van der Waals surface area contributed by atoms with Crippen molar-refractivity contribution in [2.75, 3.05) is 19.6 Å². The summed E-state index contributed by atoms with van der Waals surface area (Å²) in [5, 5.41) is 12.0. The maximum atomic E-state index is 13.0. The molecule has 1 aromatic heterocycles. The zero-order valence-electron chi connectivity index (χ0n) is 14.9. The monoisotopic (exact) mass is 372 g/mol. The zero-order valence-corrected chi connectivity index (χ0v) is 14.9. The standard InChI is InChI=1S/C18H21FN6O2/c19-14-7-5-13(6-8-14)18-20-22-25(21-18)12-16(26)23-9-10-24(17(27)11-23)15-3-1-2-4-15/h5-8,15H,1-4,9-12H2. The molecule has 0 spiro atoms. The number of rotatable bonds is 4. The lowest BCUT2D eigenvalue weighted by molar-refractivity contribution is -0.147. The molecule has 142 valence electrons. The van der Waals surface area contributed by atoms with Gasteiger partial charge in [0.05, 0.1) is 6.54 Å². The van der Waals surface area contributed by atoms with Crippen LogP contribution in [-0.2, 0) is 16.1 Å². The van der Waals surface area contributed by atoms with Gasteiger partial charge in [-0.2, -0.15) is 4.80 Å². The van der Waals surface area contributed by atoms with E-state index in [0.29, 0.717) is 30.5 Å². The number of amides is 2. The van der Waals surface area contributed by atoms with Gasteiger partial charge in [0, 0.05) is 24.7 Å².